The van der Waals surface area contributed by atoms with E-state index in [-0.39, 0.29) is 11.1 Å². The van der Waals surface area contributed by atoms with Crippen molar-refractivity contribution in [2.45, 2.75) is 0 Å². The van der Waals surface area contributed by atoms with Gasteiger partial charge in [0.15, 0.2) is 0 Å². The number of hydrogen-bond acceptors (Lipinski definition) is 4. The molecule has 0 bridgehead atoms. The first-order valence-corrected chi connectivity index (χ1v) is 5.15. The van der Waals surface area contributed by atoms with Crippen molar-refractivity contribution in [3.8, 4) is 6.07 Å². The van der Waals surface area contributed by atoms with Gasteiger partial charge in [-0.3, -0.25) is 0 Å². The fourth-order valence-corrected chi connectivity index (χ4v) is 1.52. The molecular weight excluding hydrogens is 271 g/mol. The van der Waals surface area contributed by atoms with E-state index in [0.717, 1.165) is 0 Å². The SMILES string of the molecule is N#Cc1ccc2occ(N=C=[Se])c(=O)c2c1. The van der Waals surface area contributed by atoms with Gasteiger partial charge in [-0.05, 0) is 0 Å². The zero-order valence-corrected chi connectivity index (χ0v) is 9.64. The minimum atomic E-state index is -0.277. The normalized spacial score (nSPS) is 9.44. The summed E-state index contributed by atoms with van der Waals surface area (Å²) in [6.45, 7) is 0. The summed E-state index contributed by atoms with van der Waals surface area (Å²) >= 11 is 2.44. The van der Waals surface area contributed by atoms with E-state index in [9.17, 15) is 4.79 Å². The van der Waals surface area contributed by atoms with Crippen LogP contribution in [-0.4, -0.2) is 20.3 Å². The van der Waals surface area contributed by atoms with Gasteiger partial charge in [0.2, 0.25) is 0 Å². The van der Waals surface area contributed by atoms with Gasteiger partial charge < -0.3 is 0 Å². The first kappa shape index (κ1) is 10.5. The Morgan fingerprint density at radius 2 is 2.25 bits per heavy atom. The molecular formula is C11H4N2O2Se. The van der Waals surface area contributed by atoms with E-state index in [1.54, 1.807) is 12.1 Å². The Kier molecular flexibility index (Phi) is 2.80. The Morgan fingerprint density at radius 3 is 2.94 bits per heavy atom. The molecule has 0 radical (unpaired) electrons. The van der Waals surface area contributed by atoms with E-state index in [0.29, 0.717) is 16.5 Å². The number of rotatable bonds is 1. The zero-order valence-electron chi connectivity index (χ0n) is 7.93. The van der Waals surface area contributed by atoms with Gasteiger partial charge >= 0.3 is 97.9 Å². The third kappa shape index (κ3) is 1.73. The first-order chi connectivity index (χ1) is 7.76. The summed E-state index contributed by atoms with van der Waals surface area (Å²) in [4.78, 5) is 15.6. The fraction of sp³-hybridized carbons (Fsp3) is 0. The molecule has 2 aromatic rings. The van der Waals surface area contributed by atoms with Crippen LogP contribution in [0.1, 0.15) is 5.56 Å². The van der Waals surface area contributed by atoms with Gasteiger partial charge in [-0.15, -0.1) is 0 Å². The summed E-state index contributed by atoms with van der Waals surface area (Å²) in [5.74, 6) is 0. The van der Waals surface area contributed by atoms with Crippen LogP contribution in [0.25, 0.3) is 11.0 Å². The van der Waals surface area contributed by atoms with Crippen LogP contribution in [0.15, 0.2) is 38.7 Å². The molecule has 0 fully saturated rings. The molecule has 4 nitrogen and oxygen atoms in total. The molecule has 0 spiro atoms. The van der Waals surface area contributed by atoms with Crippen molar-refractivity contribution in [3.63, 3.8) is 0 Å². The van der Waals surface area contributed by atoms with E-state index in [1.807, 2.05) is 6.07 Å². The summed E-state index contributed by atoms with van der Waals surface area (Å²) in [7, 11) is 0. The van der Waals surface area contributed by atoms with Gasteiger partial charge in [-0.2, -0.15) is 0 Å². The molecule has 0 aliphatic carbocycles. The second-order valence-electron chi connectivity index (χ2n) is 2.98. The number of benzene rings is 1. The third-order valence-corrected chi connectivity index (χ3v) is 2.24. The number of aliphatic imine (C=N–C) groups is 1. The van der Waals surface area contributed by atoms with Gasteiger partial charge in [0, 0.05) is 0 Å². The molecule has 0 aliphatic heterocycles. The average molecular weight is 275 g/mol. The second kappa shape index (κ2) is 4.26. The molecule has 0 saturated heterocycles. The van der Waals surface area contributed by atoms with Crippen LogP contribution in [-0.2, 0) is 0 Å². The van der Waals surface area contributed by atoms with Gasteiger partial charge in [0.05, 0.1) is 0 Å². The van der Waals surface area contributed by atoms with Gasteiger partial charge in [0.1, 0.15) is 0 Å². The third-order valence-electron chi connectivity index (χ3n) is 2.05. The number of nitriles is 1. The number of fused-ring (bicyclic) bond motifs is 1. The van der Waals surface area contributed by atoms with Crippen LogP contribution in [0.2, 0.25) is 0 Å². The van der Waals surface area contributed by atoms with Crippen LogP contribution < -0.4 is 5.43 Å². The summed E-state index contributed by atoms with van der Waals surface area (Å²) in [6.07, 6.45) is 1.26. The molecule has 0 unspecified atom stereocenters. The standard InChI is InChI=1S/C11H4N2O2Se/c12-4-7-1-2-10-8(3-7)11(14)9(5-15-10)13-6-16/h1-3,5H. The van der Waals surface area contributed by atoms with Gasteiger partial charge in [0.25, 0.3) is 0 Å². The van der Waals surface area contributed by atoms with Crippen molar-refractivity contribution in [2.24, 2.45) is 4.99 Å². The molecule has 0 saturated carbocycles. The fourth-order valence-electron chi connectivity index (χ4n) is 1.32. The van der Waals surface area contributed by atoms with Crippen LogP contribution in [0, 0.1) is 11.3 Å². The number of hydrogen-bond donors (Lipinski definition) is 0. The van der Waals surface area contributed by atoms with Crippen molar-refractivity contribution < 1.29 is 4.42 Å². The molecule has 2 rings (SSSR count). The molecule has 0 aliphatic rings. The van der Waals surface area contributed by atoms with Crippen molar-refractivity contribution in [3.05, 3.63) is 40.2 Å². The predicted octanol–water partition coefficient (Wildman–Crippen LogP) is 1.37. The first-order valence-electron chi connectivity index (χ1n) is 4.30. The Hall–Kier alpha value is -1.98. The van der Waals surface area contributed by atoms with Crippen molar-refractivity contribution >= 4 is 36.9 Å². The van der Waals surface area contributed by atoms with Crippen LogP contribution in [0.5, 0.6) is 0 Å². The topological polar surface area (TPSA) is 66.4 Å². The summed E-state index contributed by atoms with van der Waals surface area (Å²) in [5, 5.41) is 9.08. The molecule has 0 N–H and O–H groups in total. The Labute approximate surface area is 98.2 Å². The van der Waals surface area contributed by atoms with Crippen molar-refractivity contribution in [1.82, 2.24) is 0 Å². The van der Waals surface area contributed by atoms with Crippen LogP contribution in [0.3, 0.4) is 0 Å². The van der Waals surface area contributed by atoms with Crippen molar-refractivity contribution in [2.75, 3.05) is 0 Å². The second-order valence-corrected chi connectivity index (χ2v) is 3.36. The Morgan fingerprint density at radius 1 is 1.44 bits per heavy atom. The molecule has 1 aromatic heterocycles. The van der Waals surface area contributed by atoms with E-state index in [2.05, 4.69) is 25.3 Å². The molecule has 16 heavy (non-hydrogen) atoms. The molecule has 0 amide bonds. The molecule has 5 heteroatoms. The molecule has 0 atom stereocenters. The van der Waals surface area contributed by atoms with E-state index < -0.39 is 0 Å². The van der Waals surface area contributed by atoms with E-state index in [1.165, 1.54) is 12.3 Å². The van der Waals surface area contributed by atoms with E-state index >= 15 is 0 Å². The van der Waals surface area contributed by atoms with Crippen LogP contribution in [0.4, 0.5) is 5.69 Å². The Bertz CT molecular complexity index is 706. The van der Waals surface area contributed by atoms with Gasteiger partial charge in [-0.1, -0.05) is 0 Å². The predicted molar refractivity (Wildman–Crippen MR) is 60.0 cm³/mol. The molecule has 1 aromatic carbocycles. The van der Waals surface area contributed by atoms with E-state index in [4.69, 9.17) is 9.68 Å². The molecule has 76 valence electrons. The number of nitrogens with zero attached hydrogens (tertiary/aromatic N) is 2. The zero-order chi connectivity index (χ0) is 11.5. The van der Waals surface area contributed by atoms with Crippen LogP contribution >= 0.6 is 0 Å². The van der Waals surface area contributed by atoms with Crippen molar-refractivity contribution in [1.29, 1.82) is 5.26 Å². The monoisotopic (exact) mass is 276 g/mol. The summed E-state index contributed by atoms with van der Waals surface area (Å²) in [5.41, 5.74) is 0.721. The Balaban J connectivity index is 2.87. The maximum atomic E-state index is 11.9. The van der Waals surface area contributed by atoms with Gasteiger partial charge in [-0.25, -0.2) is 0 Å². The summed E-state index contributed by atoms with van der Waals surface area (Å²) < 4.78 is 7.61. The summed E-state index contributed by atoms with van der Waals surface area (Å²) in [6, 6.07) is 6.63. The quantitative estimate of drug-likeness (QED) is 0.583. The molecule has 1 heterocycles. The maximum absolute atomic E-state index is 11.9. The average Bonchev–Trinajstić information content (AvgIpc) is 2.33. The minimum absolute atomic E-state index is 0.154.